The average molecular weight is 327 g/mol. The molecule has 1 aliphatic carbocycles. The van der Waals surface area contributed by atoms with Gasteiger partial charge in [0.1, 0.15) is 5.60 Å². The predicted octanol–water partition coefficient (Wildman–Crippen LogP) is 3.77. The monoisotopic (exact) mass is 327 g/mol. The van der Waals surface area contributed by atoms with Gasteiger partial charge in [0, 0.05) is 19.4 Å². The first-order chi connectivity index (χ1) is 10.5. The molecule has 0 radical (unpaired) electrons. The van der Waals surface area contributed by atoms with Crippen LogP contribution in [-0.2, 0) is 24.2 Å². The van der Waals surface area contributed by atoms with Crippen LogP contribution in [0.3, 0.4) is 0 Å². The van der Waals surface area contributed by atoms with Crippen molar-refractivity contribution >= 4 is 0 Å². The summed E-state index contributed by atoms with van der Waals surface area (Å²) in [5.74, 6) is -2.56. The zero-order valence-corrected chi connectivity index (χ0v) is 14.4. The minimum Gasteiger partial charge on any atom is -0.387 e. The fraction of sp³-hybridized carbons (Fsp3) is 0.667. The topological polar surface area (TPSA) is 41.5 Å². The number of hydrogen-bond acceptors (Lipinski definition) is 3. The van der Waals surface area contributed by atoms with Crippen molar-refractivity contribution in [2.45, 2.75) is 77.0 Å². The lowest BCUT2D eigenvalue weighted by molar-refractivity contribution is -0.184. The highest BCUT2D eigenvalue weighted by Gasteiger charge is 2.36. The smallest absolute Gasteiger partial charge is 0.248 e. The van der Waals surface area contributed by atoms with E-state index in [1.54, 1.807) is 27.7 Å². The van der Waals surface area contributed by atoms with Crippen LogP contribution in [0, 0.1) is 0 Å². The molecule has 1 aromatic carbocycles. The minimum atomic E-state index is -2.56. The van der Waals surface area contributed by atoms with Crippen molar-refractivity contribution in [3.63, 3.8) is 0 Å². The van der Waals surface area contributed by atoms with Gasteiger partial charge in [0.15, 0.2) is 0 Å². The highest BCUT2D eigenvalue weighted by atomic mass is 19.3. The number of hydrogen-bond donors (Lipinski definition) is 2. The van der Waals surface area contributed by atoms with Crippen LogP contribution in [0.1, 0.15) is 57.2 Å². The second kappa shape index (κ2) is 6.46. The average Bonchev–Trinajstić information content (AvgIpc) is 2.57. The minimum absolute atomic E-state index is 0.0690. The Kier molecular flexibility index (Phi) is 5.14. The summed E-state index contributed by atoms with van der Waals surface area (Å²) in [5, 5.41) is 10.0. The van der Waals surface area contributed by atoms with Gasteiger partial charge >= 0.3 is 0 Å². The van der Waals surface area contributed by atoms with Crippen molar-refractivity contribution in [1.29, 1.82) is 0 Å². The predicted molar refractivity (Wildman–Crippen MR) is 86.3 cm³/mol. The Hall–Kier alpha value is -1.04. The summed E-state index contributed by atoms with van der Waals surface area (Å²) in [7, 11) is 0. The summed E-state index contributed by atoms with van der Waals surface area (Å²) in [4.78, 5) is 5.58. The number of hydroxylamine groups is 1. The van der Waals surface area contributed by atoms with Crippen LogP contribution in [0.25, 0.3) is 0 Å². The zero-order valence-electron chi connectivity index (χ0n) is 14.4. The van der Waals surface area contributed by atoms with E-state index in [2.05, 4.69) is 5.48 Å². The SMILES string of the molecule is CC(C)(O)C(C)(C)ONCc1ccc2c(c1)CCC(F)(F)CC2. The molecule has 0 aromatic heterocycles. The molecule has 130 valence electrons. The molecule has 23 heavy (non-hydrogen) atoms. The molecule has 0 unspecified atom stereocenters. The van der Waals surface area contributed by atoms with E-state index in [-0.39, 0.29) is 12.8 Å². The Bertz CT molecular complexity index is 550. The number of aliphatic hydroxyl groups is 1. The molecule has 0 spiro atoms. The van der Waals surface area contributed by atoms with Crippen LogP contribution in [0.5, 0.6) is 0 Å². The molecule has 0 bridgehead atoms. The Labute approximate surface area is 137 Å². The third kappa shape index (κ3) is 4.72. The number of halogens is 2. The number of rotatable bonds is 5. The fourth-order valence-corrected chi connectivity index (χ4v) is 2.45. The fourth-order valence-electron chi connectivity index (χ4n) is 2.45. The van der Waals surface area contributed by atoms with Gasteiger partial charge in [-0.25, -0.2) is 8.78 Å². The summed E-state index contributed by atoms with van der Waals surface area (Å²) in [6.45, 7) is 7.45. The summed E-state index contributed by atoms with van der Waals surface area (Å²) in [6.07, 6.45) is 0.685. The molecule has 0 heterocycles. The zero-order chi connectivity index (χ0) is 17.3. The van der Waals surface area contributed by atoms with Crippen molar-refractivity contribution < 1.29 is 18.7 Å². The maximum atomic E-state index is 13.5. The van der Waals surface area contributed by atoms with Crippen molar-refractivity contribution in [2.75, 3.05) is 0 Å². The van der Waals surface area contributed by atoms with Crippen LogP contribution in [-0.4, -0.2) is 22.2 Å². The molecule has 1 aromatic rings. The van der Waals surface area contributed by atoms with Gasteiger partial charge < -0.3 is 5.11 Å². The molecule has 0 fully saturated rings. The quantitative estimate of drug-likeness (QED) is 0.639. The third-order valence-corrected chi connectivity index (χ3v) is 4.87. The molecular formula is C18H27F2NO2. The lowest BCUT2D eigenvalue weighted by Crippen LogP contribution is -2.49. The van der Waals surface area contributed by atoms with Gasteiger partial charge in [0.2, 0.25) is 5.92 Å². The normalized spacial score (nSPS) is 18.4. The molecule has 5 heteroatoms. The number of alkyl halides is 2. The van der Waals surface area contributed by atoms with E-state index in [1.807, 2.05) is 18.2 Å². The Morgan fingerprint density at radius 3 is 2.35 bits per heavy atom. The van der Waals surface area contributed by atoms with E-state index in [9.17, 15) is 13.9 Å². The van der Waals surface area contributed by atoms with Crippen LogP contribution >= 0.6 is 0 Å². The number of fused-ring (bicyclic) bond motifs is 1. The lowest BCUT2D eigenvalue weighted by atomic mass is 9.90. The van der Waals surface area contributed by atoms with E-state index in [0.717, 1.165) is 16.7 Å². The molecular weight excluding hydrogens is 300 g/mol. The Balaban J connectivity index is 1.97. The first-order valence-electron chi connectivity index (χ1n) is 8.12. The molecule has 0 saturated carbocycles. The molecule has 1 aliphatic rings. The van der Waals surface area contributed by atoms with Gasteiger partial charge in [-0.05, 0) is 57.2 Å². The second-order valence-electron chi connectivity index (χ2n) is 7.45. The molecule has 0 aliphatic heterocycles. The maximum absolute atomic E-state index is 13.5. The van der Waals surface area contributed by atoms with Crippen molar-refractivity contribution in [2.24, 2.45) is 0 Å². The van der Waals surface area contributed by atoms with Crippen molar-refractivity contribution in [1.82, 2.24) is 5.48 Å². The van der Waals surface area contributed by atoms with Gasteiger partial charge in [0.05, 0.1) is 5.60 Å². The highest BCUT2D eigenvalue weighted by Crippen LogP contribution is 2.32. The molecule has 2 rings (SSSR count). The standard InChI is InChI=1S/C18H27F2NO2/c1-16(2,22)17(3,4)23-21-12-13-5-6-14-7-9-18(19,20)10-8-15(14)11-13/h5-6,11,21-22H,7-10,12H2,1-4H3. The van der Waals surface area contributed by atoms with Gasteiger partial charge in [-0.2, -0.15) is 5.48 Å². The summed E-state index contributed by atoms with van der Waals surface area (Å²) < 4.78 is 27.0. The summed E-state index contributed by atoms with van der Waals surface area (Å²) in [6, 6.07) is 5.86. The highest BCUT2D eigenvalue weighted by molar-refractivity contribution is 5.33. The summed E-state index contributed by atoms with van der Waals surface area (Å²) >= 11 is 0. The van der Waals surface area contributed by atoms with E-state index >= 15 is 0 Å². The molecule has 3 nitrogen and oxygen atoms in total. The van der Waals surface area contributed by atoms with E-state index in [0.29, 0.717) is 19.4 Å². The summed E-state index contributed by atoms with van der Waals surface area (Å²) in [5.41, 5.74) is 4.15. The number of aryl methyl sites for hydroxylation is 2. The van der Waals surface area contributed by atoms with Crippen LogP contribution < -0.4 is 5.48 Å². The van der Waals surface area contributed by atoms with Gasteiger partial charge in [-0.3, -0.25) is 4.84 Å². The first kappa shape index (κ1) is 18.3. The molecule has 0 atom stereocenters. The van der Waals surface area contributed by atoms with Crippen molar-refractivity contribution in [3.8, 4) is 0 Å². The van der Waals surface area contributed by atoms with E-state index < -0.39 is 17.1 Å². The maximum Gasteiger partial charge on any atom is 0.248 e. The van der Waals surface area contributed by atoms with E-state index in [1.165, 1.54) is 0 Å². The Morgan fingerprint density at radius 1 is 1.13 bits per heavy atom. The van der Waals surface area contributed by atoms with Crippen LogP contribution in [0.15, 0.2) is 18.2 Å². The molecule has 0 saturated heterocycles. The van der Waals surface area contributed by atoms with E-state index in [4.69, 9.17) is 4.84 Å². The molecule has 0 amide bonds. The number of nitrogens with one attached hydrogen (secondary N) is 1. The van der Waals surface area contributed by atoms with Gasteiger partial charge in [-0.1, -0.05) is 18.2 Å². The Morgan fingerprint density at radius 2 is 1.74 bits per heavy atom. The molecule has 2 N–H and O–H groups in total. The van der Waals surface area contributed by atoms with Crippen LogP contribution in [0.4, 0.5) is 8.78 Å². The van der Waals surface area contributed by atoms with Gasteiger partial charge in [0.25, 0.3) is 0 Å². The first-order valence-corrected chi connectivity index (χ1v) is 8.12. The third-order valence-electron chi connectivity index (χ3n) is 4.87. The van der Waals surface area contributed by atoms with Crippen molar-refractivity contribution in [3.05, 3.63) is 34.9 Å². The van der Waals surface area contributed by atoms with Crippen LogP contribution in [0.2, 0.25) is 0 Å². The largest absolute Gasteiger partial charge is 0.387 e. The van der Waals surface area contributed by atoms with Gasteiger partial charge in [-0.15, -0.1) is 0 Å². The lowest BCUT2D eigenvalue weighted by Gasteiger charge is -2.36. The number of benzene rings is 1. The second-order valence-corrected chi connectivity index (χ2v) is 7.45.